The quantitative estimate of drug-likeness (QED) is 0.686. The molecule has 2 nitrogen and oxygen atoms in total. The van der Waals surface area contributed by atoms with Crippen LogP contribution in [0.2, 0.25) is 0 Å². The molecule has 0 spiro atoms. The lowest BCUT2D eigenvalue weighted by atomic mass is 9.94. The molecule has 1 saturated heterocycles. The molecule has 0 N–H and O–H groups in total. The number of piperidine rings is 1. The van der Waals surface area contributed by atoms with E-state index in [1.807, 2.05) is 0 Å². The Morgan fingerprint density at radius 3 is 2.64 bits per heavy atom. The number of carbonyl (C=O) groups is 1. The lowest BCUT2D eigenvalue weighted by Crippen LogP contribution is -2.42. The summed E-state index contributed by atoms with van der Waals surface area (Å²) < 4.78 is 0. The molecule has 3 unspecified atom stereocenters. The monoisotopic (exact) mass is 195 g/mol. The highest BCUT2D eigenvalue weighted by Gasteiger charge is 2.46. The largest absolute Gasteiger partial charge is 0.300 e. The van der Waals surface area contributed by atoms with Crippen molar-refractivity contribution in [3.63, 3.8) is 0 Å². The van der Waals surface area contributed by atoms with Crippen LogP contribution in [0.4, 0.5) is 0 Å². The van der Waals surface area contributed by atoms with E-state index < -0.39 is 0 Å². The van der Waals surface area contributed by atoms with Gasteiger partial charge < -0.3 is 0 Å². The first-order chi connectivity index (χ1) is 6.58. The second-order valence-electron chi connectivity index (χ2n) is 5.47. The Balaban J connectivity index is 2.00. The predicted octanol–water partition coefficient (Wildman–Crippen LogP) is 1.94. The van der Waals surface area contributed by atoms with Gasteiger partial charge in [-0.05, 0) is 31.6 Å². The number of carbonyl (C=O) groups excluding carboxylic acids is 1. The van der Waals surface area contributed by atoms with Gasteiger partial charge in [0.25, 0.3) is 0 Å². The molecule has 1 aliphatic heterocycles. The first-order valence-corrected chi connectivity index (χ1v) is 5.82. The molecule has 80 valence electrons. The molecule has 0 aromatic carbocycles. The maximum absolute atomic E-state index is 11.4. The van der Waals surface area contributed by atoms with Gasteiger partial charge in [-0.3, -0.25) is 9.69 Å². The van der Waals surface area contributed by atoms with E-state index in [1.54, 1.807) is 6.92 Å². The Labute approximate surface area is 86.7 Å². The summed E-state index contributed by atoms with van der Waals surface area (Å²) in [6.07, 6.45) is 2.44. The number of ketones is 1. The van der Waals surface area contributed by atoms with E-state index in [1.165, 1.54) is 19.5 Å². The van der Waals surface area contributed by atoms with Crippen LogP contribution in [0.5, 0.6) is 0 Å². The molecule has 1 heterocycles. The minimum Gasteiger partial charge on any atom is -0.300 e. The fourth-order valence-corrected chi connectivity index (χ4v) is 3.25. The van der Waals surface area contributed by atoms with Gasteiger partial charge >= 0.3 is 0 Å². The third kappa shape index (κ3) is 1.72. The number of likely N-dealkylation sites (tertiary alicyclic amines) is 1. The summed E-state index contributed by atoms with van der Waals surface area (Å²) in [5.41, 5.74) is 0. The average Bonchev–Trinajstić information content (AvgIpc) is 2.60. The molecule has 0 aromatic rings. The van der Waals surface area contributed by atoms with Crippen molar-refractivity contribution in [2.75, 3.05) is 13.1 Å². The van der Waals surface area contributed by atoms with Gasteiger partial charge in [-0.15, -0.1) is 0 Å². The van der Waals surface area contributed by atoms with Crippen molar-refractivity contribution < 1.29 is 4.79 Å². The Morgan fingerprint density at radius 2 is 2.14 bits per heavy atom. The molecule has 1 saturated carbocycles. The molecule has 1 aliphatic carbocycles. The first-order valence-electron chi connectivity index (χ1n) is 5.82. The van der Waals surface area contributed by atoms with Crippen LogP contribution in [0, 0.1) is 17.8 Å². The van der Waals surface area contributed by atoms with Crippen molar-refractivity contribution in [1.29, 1.82) is 0 Å². The number of hydrogen-bond donors (Lipinski definition) is 0. The summed E-state index contributed by atoms with van der Waals surface area (Å²) in [5.74, 6) is 2.30. The van der Waals surface area contributed by atoms with Gasteiger partial charge in [0, 0.05) is 25.0 Å². The zero-order valence-electron chi connectivity index (χ0n) is 9.49. The summed E-state index contributed by atoms with van der Waals surface area (Å²) in [6, 6.07) is 0.583. The Kier molecular flexibility index (Phi) is 2.65. The third-order valence-electron chi connectivity index (χ3n) is 3.71. The normalized spacial score (nSPS) is 37.0. The molecule has 2 bridgehead atoms. The lowest BCUT2D eigenvalue weighted by molar-refractivity contribution is -0.122. The maximum Gasteiger partial charge on any atom is 0.134 e. The molecule has 14 heavy (non-hydrogen) atoms. The molecule has 2 fully saturated rings. The second kappa shape index (κ2) is 3.65. The summed E-state index contributed by atoms with van der Waals surface area (Å²) in [5, 5.41) is 0. The van der Waals surface area contributed by atoms with Gasteiger partial charge in [0.05, 0.1) is 0 Å². The van der Waals surface area contributed by atoms with Crippen molar-refractivity contribution in [2.24, 2.45) is 17.8 Å². The van der Waals surface area contributed by atoms with Gasteiger partial charge in [0.1, 0.15) is 5.78 Å². The van der Waals surface area contributed by atoms with E-state index in [0.717, 1.165) is 18.3 Å². The van der Waals surface area contributed by atoms with Crippen LogP contribution in [-0.4, -0.2) is 29.8 Å². The van der Waals surface area contributed by atoms with Crippen LogP contribution in [0.1, 0.15) is 33.6 Å². The van der Waals surface area contributed by atoms with Gasteiger partial charge in [-0.2, -0.15) is 0 Å². The summed E-state index contributed by atoms with van der Waals surface area (Å²) >= 11 is 0. The number of hydrogen-bond acceptors (Lipinski definition) is 2. The highest BCUT2D eigenvalue weighted by Crippen LogP contribution is 2.42. The van der Waals surface area contributed by atoms with Crippen LogP contribution in [0.25, 0.3) is 0 Å². The van der Waals surface area contributed by atoms with Gasteiger partial charge in [-0.1, -0.05) is 13.8 Å². The highest BCUT2D eigenvalue weighted by molar-refractivity contribution is 5.79. The van der Waals surface area contributed by atoms with Crippen LogP contribution in [0.15, 0.2) is 0 Å². The van der Waals surface area contributed by atoms with E-state index in [4.69, 9.17) is 0 Å². The fraction of sp³-hybridized carbons (Fsp3) is 0.917. The standard InChI is InChI=1S/C12H21NO/c1-8(2)6-13-7-10-4-11(9(3)14)12(13)5-10/h8,10-12H,4-7H2,1-3H3. The zero-order valence-corrected chi connectivity index (χ0v) is 9.49. The molecule has 0 radical (unpaired) electrons. The van der Waals surface area contributed by atoms with Crippen molar-refractivity contribution >= 4 is 5.78 Å². The predicted molar refractivity (Wildman–Crippen MR) is 57.1 cm³/mol. The molecule has 2 heteroatoms. The highest BCUT2D eigenvalue weighted by atomic mass is 16.1. The Morgan fingerprint density at radius 1 is 1.43 bits per heavy atom. The Hall–Kier alpha value is -0.370. The van der Waals surface area contributed by atoms with Gasteiger partial charge in [-0.25, -0.2) is 0 Å². The molecular formula is C12H21NO. The third-order valence-corrected chi connectivity index (χ3v) is 3.71. The zero-order chi connectivity index (χ0) is 10.3. The van der Waals surface area contributed by atoms with Crippen LogP contribution < -0.4 is 0 Å². The van der Waals surface area contributed by atoms with Gasteiger partial charge in [0.2, 0.25) is 0 Å². The number of rotatable bonds is 3. The summed E-state index contributed by atoms with van der Waals surface area (Å²) in [7, 11) is 0. The van der Waals surface area contributed by atoms with Crippen molar-refractivity contribution in [1.82, 2.24) is 4.90 Å². The van der Waals surface area contributed by atoms with E-state index in [9.17, 15) is 4.79 Å². The van der Waals surface area contributed by atoms with Crippen LogP contribution in [-0.2, 0) is 4.79 Å². The first kappa shape index (κ1) is 10.2. The fourth-order valence-electron chi connectivity index (χ4n) is 3.25. The molecule has 0 amide bonds. The lowest BCUT2D eigenvalue weighted by Gasteiger charge is -2.33. The molecule has 0 aromatic heterocycles. The van der Waals surface area contributed by atoms with E-state index >= 15 is 0 Å². The molecule has 2 rings (SSSR count). The summed E-state index contributed by atoms with van der Waals surface area (Å²) in [6.45, 7) is 8.69. The SMILES string of the molecule is CC(=O)C1CC2CC1N(CC(C)C)C2. The molecule has 2 aliphatic rings. The van der Waals surface area contributed by atoms with E-state index in [0.29, 0.717) is 17.7 Å². The smallest absolute Gasteiger partial charge is 0.134 e. The van der Waals surface area contributed by atoms with Crippen molar-refractivity contribution in [3.8, 4) is 0 Å². The van der Waals surface area contributed by atoms with Crippen molar-refractivity contribution in [2.45, 2.75) is 39.7 Å². The minimum atomic E-state index is 0.354. The second-order valence-corrected chi connectivity index (χ2v) is 5.47. The molecule has 3 atom stereocenters. The number of fused-ring (bicyclic) bond motifs is 2. The topological polar surface area (TPSA) is 20.3 Å². The minimum absolute atomic E-state index is 0.354. The van der Waals surface area contributed by atoms with Gasteiger partial charge in [0.15, 0.2) is 0 Å². The number of Topliss-reactive ketones (excluding diaryl/α,β-unsaturated/α-hetero) is 1. The van der Waals surface area contributed by atoms with Crippen LogP contribution >= 0.6 is 0 Å². The van der Waals surface area contributed by atoms with Crippen LogP contribution in [0.3, 0.4) is 0 Å². The number of nitrogens with zero attached hydrogens (tertiary/aromatic N) is 1. The summed E-state index contributed by atoms with van der Waals surface area (Å²) in [4.78, 5) is 14.0. The molecular weight excluding hydrogens is 174 g/mol. The van der Waals surface area contributed by atoms with E-state index in [-0.39, 0.29) is 0 Å². The Bertz CT molecular complexity index is 236. The van der Waals surface area contributed by atoms with E-state index in [2.05, 4.69) is 18.7 Å². The average molecular weight is 195 g/mol. The van der Waals surface area contributed by atoms with Crippen molar-refractivity contribution in [3.05, 3.63) is 0 Å². The maximum atomic E-state index is 11.4.